The fraction of sp³-hybridized carbons (Fsp3) is 0.333. The molecule has 0 bridgehead atoms. The van der Waals surface area contributed by atoms with E-state index in [0.29, 0.717) is 12.0 Å². The first-order valence-electron chi connectivity index (χ1n) is 2.95. The molecular formula is C6H7ClFNOS. The van der Waals surface area contributed by atoms with Crippen LogP contribution in [0, 0.1) is 0 Å². The summed E-state index contributed by atoms with van der Waals surface area (Å²) in [6.45, 7) is 0. The molecule has 0 saturated carbocycles. The van der Waals surface area contributed by atoms with Crippen LogP contribution in [-0.2, 0) is 0 Å². The molecule has 2 atom stereocenters. The standard InChI is InChI=1S/C6H7ClFNOS/c7-3-1-6(11-10)4(8)2-5(3)9/h1-3,5,10H,9H2. The Morgan fingerprint density at radius 2 is 2.27 bits per heavy atom. The molecule has 2 nitrogen and oxygen atoms in total. The molecule has 0 spiro atoms. The van der Waals surface area contributed by atoms with Crippen LogP contribution in [0.1, 0.15) is 0 Å². The summed E-state index contributed by atoms with van der Waals surface area (Å²) >= 11 is 6.01. The van der Waals surface area contributed by atoms with Gasteiger partial charge in [-0.15, -0.1) is 11.6 Å². The van der Waals surface area contributed by atoms with Crippen molar-refractivity contribution in [2.24, 2.45) is 5.73 Å². The van der Waals surface area contributed by atoms with E-state index in [9.17, 15) is 4.39 Å². The van der Waals surface area contributed by atoms with Crippen molar-refractivity contribution in [3.05, 3.63) is 22.9 Å². The third-order valence-electron chi connectivity index (χ3n) is 1.35. The second-order valence-electron chi connectivity index (χ2n) is 2.16. The summed E-state index contributed by atoms with van der Waals surface area (Å²) in [7, 11) is 0. The Bertz CT molecular complexity index is 219. The van der Waals surface area contributed by atoms with Gasteiger partial charge in [0.15, 0.2) is 0 Å². The van der Waals surface area contributed by atoms with Crippen LogP contribution < -0.4 is 5.73 Å². The molecule has 0 radical (unpaired) electrons. The van der Waals surface area contributed by atoms with Crippen LogP contribution in [0.2, 0.25) is 0 Å². The Morgan fingerprint density at radius 3 is 2.82 bits per heavy atom. The largest absolute Gasteiger partial charge is 0.325 e. The van der Waals surface area contributed by atoms with Crippen LogP contribution in [0.4, 0.5) is 4.39 Å². The van der Waals surface area contributed by atoms with Gasteiger partial charge in [-0.25, -0.2) is 4.39 Å². The van der Waals surface area contributed by atoms with Gasteiger partial charge in [0.2, 0.25) is 0 Å². The predicted molar refractivity (Wildman–Crippen MR) is 45.1 cm³/mol. The molecule has 0 saturated heterocycles. The molecule has 0 aromatic heterocycles. The summed E-state index contributed by atoms with van der Waals surface area (Å²) in [5.74, 6) is -0.512. The zero-order chi connectivity index (χ0) is 8.43. The van der Waals surface area contributed by atoms with Crippen molar-refractivity contribution in [1.29, 1.82) is 0 Å². The lowest BCUT2D eigenvalue weighted by atomic mass is 10.1. The van der Waals surface area contributed by atoms with E-state index in [4.69, 9.17) is 21.9 Å². The summed E-state index contributed by atoms with van der Waals surface area (Å²) in [6, 6.07) is -0.507. The zero-order valence-corrected chi connectivity index (χ0v) is 7.07. The van der Waals surface area contributed by atoms with Gasteiger partial charge in [0.25, 0.3) is 0 Å². The second-order valence-corrected chi connectivity index (χ2v) is 3.28. The van der Waals surface area contributed by atoms with Gasteiger partial charge in [0, 0.05) is 18.1 Å². The van der Waals surface area contributed by atoms with E-state index in [-0.39, 0.29) is 4.91 Å². The van der Waals surface area contributed by atoms with Crippen LogP contribution in [-0.4, -0.2) is 16.0 Å². The van der Waals surface area contributed by atoms with Crippen molar-refractivity contribution in [2.75, 3.05) is 0 Å². The molecular weight excluding hydrogens is 189 g/mol. The molecule has 2 unspecified atom stereocenters. The number of hydrogen-bond acceptors (Lipinski definition) is 3. The summed E-state index contributed by atoms with van der Waals surface area (Å²) in [5.41, 5.74) is 5.40. The normalized spacial score (nSPS) is 31.3. The average molecular weight is 196 g/mol. The van der Waals surface area contributed by atoms with Crippen LogP contribution in [0.3, 0.4) is 0 Å². The highest BCUT2D eigenvalue weighted by Crippen LogP contribution is 2.29. The number of allylic oxidation sites excluding steroid dienone is 1. The number of rotatable bonds is 1. The molecule has 11 heavy (non-hydrogen) atoms. The minimum Gasteiger partial charge on any atom is -0.325 e. The molecule has 62 valence electrons. The highest BCUT2D eigenvalue weighted by atomic mass is 35.5. The molecule has 5 heteroatoms. The molecule has 0 heterocycles. The predicted octanol–water partition coefficient (Wildman–Crippen LogP) is 1.88. The number of hydrogen-bond donors (Lipinski definition) is 2. The smallest absolute Gasteiger partial charge is 0.136 e. The molecule has 0 amide bonds. The first-order chi connectivity index (χ1) is 5.15. The molecule has 0 fully saturated rings. The second kappa shape index (κ2) is 3.58. The number of halogens is 2. The van der Waals surface area contributed by atoms with Gasteiger partial charge < -0.3 is 10.3 Å². The molecule has 3 N–H and O–H groups in total. The third-order valence-corrected chi connectivity index (χ3v) is 2.30. The van der Waals surface area contributed by atoms with E-state index in [1.807, 2.05) is 0 Å². The minimum absolute atomic E-state index is 0.131. The lowest BCUT2D eigenvalue weighted by molar-refractivity contribution is 0.624. The van der Waals surface area contributed by atoms with Gasteiger partial charge in [-0.1, -0.05) is 0 Å². The number of nitrogens with two attached hydrogens (primary N) is 1. The van der Waals surface area contributed by atoms with E-state index in [0.717, 1.165) is 0 Å². The van der Waals surface area contributed by atoms with Crippen molar-refractivity contribution in [1.82, 2.24) is 0 Å². The lowest BCUT2D eigenvalue weighted by Crippen LogP contribution is -2.29. The summed E-state index contributed by atoms with van der Waals surface area (Å²) < 4.78 is 21.3. The molecule has 0 aliphatic heterocycles. The molecule has 1 aliphatic rings. The Balaban J connectivity index is 2.82. The first kappa shape index (κ1) is 9.06. The Hall–Kier alpha value is -0.0300. The molecule has 0 aromatic carbocycles. The SMILES string of the molecule is NC1C=C(F)C(SO)=CC1Cl. The van der Waals surface area contributed by atoms with E-state index in [1.165, 1.54) is 12.2 Å². The Morgan fingerprint density at radius 1 is 1.64 bits per heavy atom. The van der Waals surface area contributed by atoms with E-state index in [1.54, 1.807) is 0 Å². The van der Waals surface area contributed by atoms with Crippen LogP contribution in [0.5, 0.6) is 0 Å². The van der Waals surface area contributed by atoms with E-state index in [2.05, 4.69) is 0 Å². The van der Waals surface area contributed by atoms with Gasteiger partial charge in [0.05, 0.1) is 10.3 Å². The van der Waals surface area contributed by atoms with Crippen molar-refractivity contribution in [2.45, 2.75) is 11.4 Å². The Labute approximate surface area is 73.1 Å². The maximum absolute atomic E-state index is 12.7. The van der Waals surface area contributed by atoms with E-state index >= 15 is 0 Å². The van der Waals surface area contributed by atoms with Crippen LogP contribution in [0.25, 0.3) is 0 Å². The van der Waals surface area contributed by atoms with Crippen molar-refractivity contribution >= 4 is 23.6 Å². The fourth-order valence-electron chi connectivity index (χ4n) is 0.752. The topological polar surface area (TPSA) is 46.2 Å². The minimum atomic E-state index is -0.512. The third kappa shape index (κ3) is 1.96. The maximum atomic E-state index is 12.7. The van der Waals surface area contributed by atoms with Gasteiger partial charge in [-0.3, -0.25) is 0 Å². The molecule has 1 aliphatic carbocycles. The monoisotopic (exact) mass is 195 g/mol. The van der Waals surface area contributed by atoms with Crippen LogP contribution in [0.15, 0.2) is 22.9 Å². The van der Waals surface area contributed by atoms with Crippen LogP contribution >= 0.6 is 23.6 Å². The number of alkyl halides is 1. The van der Waals surface area contributed by atoms with Gasteiger partial charge >= 0.3 is 0 Å². The van der Waals surface area contributed by atoms with Crippen molar-refractivity contribution in [3.8, 4) is 0 Å². The lowest BCUT2D eigenvalue weighted by Gasteiger charge is -2.16. The quantitative estimate of drug-likeness (QED) is 0.496. The van der Waals surface area contributed by atoms with Gasteiger partial charge in [-0.2, -0.15) is 0 Å². The van der Waals surface area contributed by atoms with Crippen molar-refractivity contribution in [3.63, 3.8) is 0 Å². The van der Waals surface area contributed by atoms with E-state index < -0.39 is 17.2 Å². The fourth-order valence-corrected chi connectivity index (χ4v) is 1.39. The average Bonchev–Trinajstić information content (AvgIpc) is 1.97. The maximum Gasteiger partial charge on any atom is 0.136 e. The van der Waals surface area contributed by atoms with Crippen molar-refractivity contribution < 1.29 is 8.94 Å². The van der Waals surface area contributed by atoms with Gasteiger partial charge in [0.1, 0.15) is 5.83 Å². The highest BCUT2D eigenvalue weighted by Gasteiger charge is 2.20. The Kier molecular flexibility index (Phi) is 2.95. The summed E-state index contributed by atoms with van der Waals surface area (Å²) in [4.78, 5) is 0.131. The summed E-state index contributed by atoms with van der Waals surface area (Å²) in [5, 5.41) is -0.441. The summed E-state index contributed by atoms with van der Waals surface area (Å²) in [6.07, 6.45) is 2.59. The first-order valence-corrected chi connectivity index (χ1v) is 4.16. The molecule has 0 aromatic rings. The van der Waals surface area contributed by atoms with Gasteiger partial charge in [-0.05, 0) is 12.2 Å². The highest BCUT2D eigenvalue weighted by molar-refractivity contribution is 7.97. The zero-order valence-electron chi connectivity index (χ0n) is 5.50. The molecule has 1 rings (SSSR count).